The molecule has 0 atom stereocenters. The molecule has 0 radical (unpaired) electrons. The Kier molecular flexibility index (Phi) is 16.1. The lowest BCUT2D eigenvalue weighted by molar-refractivity contribution is 0.0698. The minimum atomic E-state index is 0. The Morgan fingerprint density at radius 3 is 2.43 bits per heavy atom. The Morgan fingerprint density at radius 2 is 1.73 bits per heavy atom. The van der Waals surface area contributed by atoms with Crippen molar-refractivity contribution < 1.29 is 9.47 Å². The number of aliphatic imine (C=N–C) groups is 1. The smallest absolute Gasteiger partial charge is 0.191 e. The number of rotatable bonds is 12. The topological polar surface area (TPSA) is 58.1 Å². The Hall–Kier alpha value is -0.900. The molecule has 1 saturated heterocycles. The highest BCUT2D eigenvalue weighted by Crippen LogP contribution is 2.16. The summed E-state index contributed by atoms with van der Waals surface area (Å²) in [5.41, 5.74) is 2.72. The molecule has 1 fully saturated rings. The first-order valence-corrected chi connectivity index (χ1v) is 11.2. The summed E-state index contributed by atoms with van der Waals surface area (Å²) in [6.45, 7) is 9.99. The van der Waals surface area contributed by atoms with Gasteiger partial charge in [-0.15, -0.1) is 24.0 Å². The molecule has 0 saturated carbocycles. The predicted octanol–water partition coefficient (Wildman–Crippen LogP) is 3.79. The summed E-state index contributed by atoms with van der Waals surface area (Å²) >= 11 is 0. The Morgan fingerprint density at radius 1 is 1.00 bits per heavy atom. The van der Waals surface area contributed by atoms with Crippen LogP contribution in [-0.4, -0.2) is 64.0 Å². The molecule has 0 aliphatic carbocycles. The quantitative estimate of drug-likeness (QED) is 0.186. The van der Waals surface area contributed by atoms with E-state index in [1.165, 1.54) is 49.9 Å². The third kappa shape index (κ3) is 11.5. The van der Waals surface area contributed by atoms with Gasteiger partial charge in [0.2, 0.25) is 0 Å². The van der Waals surface area contributed by atoms with E-state index in [0.29, 0.717) is 19.8 Å². The average molecular weight is 533 g/mol. The van der Waals surface area contributed by atoms with Crippen LogP contribution in [0.5, 0.6) is 0 Å². The summed E-state index contributed by atoms with van der Waals surface area (Å²) in [7, 11) is 1.69. The van der Waals surface area contributed by atoms with Gasteiger partial charge in [0.1, 0.15) is 0 Å². The fourth-order valence-corrected chi connectivity index (χ4v) is 3.53. The minimum Gasteiger partial charge on any atom is -0.382 e. The third-order valence-corrected chi connectivity index (χ3v) is 5.15. The van der Waals surface area contributed by atoms with Crippen molar-refractivity contribution in [2.75, 3.05) is 53.1 Å². The second-order valence-electron chi connectivity index (χ2n) is 7.54. The molecule has 0 unspecified atom stereocenters. The van der Waals surface area contributed by atoms with Crippen molar-refractivity contribution >= 4 is 29.9 Å². The Balaban J connectivity index is 0.00000450. The van der Waals surface area contributed by atoms with Crippen LogP contribution in [0.1, 0.15) is 50.2 Å². The lowest BCUT2D eigenvalue weighted by atomic mass is 10.1. The van der Waals surface area contributed by atoms with E-state index < -0.39 is 0 Å². The van der Waals surface area contributed by atoms with Crippen molar-refractivity contribution in [3.05, 3.63) is 35.4 Å². The maximum Gasteiger partial charge on any atom is 0.191 e. The van der Waals surface area contributed by atoms with E-state index in [0.717, 1.165) is 38.6 Å². The Bertz CT molecular complexity index is 578. The van der Waals surface area contributed by atoms with E-state index in [-0.39, 0.29) is 24.0 Å². The molecule has 1 aliphatic heterocycles. The molecule has 172 valence electrons. The summed E-state index contributed by atoms with van der Waals surface area (Å²) < 4.78 is 10.5. The van der Waals surface area contributed by atoms with Gasteiger partial charge in [0.05, 0.1) is 19.8 Å². The van der Waals surface area contributed by atoms with Gasteiger partial charge in [0.25, 0.3) is 0 Å². The maximum atomic E-state index is 5.51. The number of halogens is 1. The van der Waals surface area contributed by atoms with Crippen LogP contribution in [0.2, 0.25) is 0 Å². The van der Waals surface area contributed by atoms with E-state index in [9.17, 15) is 0 Å². The number of likely N-dealkylation sites (tertiary alicyclic amines) is 1. The minimum absolute atomic E-state index is 0. The number of methoxy groups -OCH3 is 1. The van der Waals surface area contributed by atoms with E-state index >= 15 is 0 Å². The summed E-state index contributed by atoms with van der Waals surface area (Å²) in [4.78, 5) is 7.42. The molecule has 7 heteroatoms. The highest BCUT2D eigenvalue weighted by Gasteiger charge is 2.11. The fourth-order valence-electron chi connectivity index (χ4n) is 3.53. The van der Waals surface area contributed by atoms with Crippen LogP contribution in [0.4, 0.5) is 0 Å². The number of guanidine groups is 1. The molecule has 0 aromatic heterocycles. The first-order chi connectivity index (χ1) is 14.3. The van der Waals surface area contributed by atoms with Crippen LogP contribution >= 0.6 is 24.0 Å². The van der Waals surface area contributed by atoms with Gasteiger partial charge in [-0.2, -0.15) is 0 Å². The van der Waals surface area contributed by atoms with Crippen LogP contribution in [0.25, 0.3) is 0 Å². The van der Waals surface area contributed by atoms with E-state index in [1.807, 2.05) is 0 Å². The molecule has 30 heavy (non-hydrogen) atoms. The highest BCUT2D eigenvalue weighted by molar-refractivity contribution is 14.0. The monoisotopic (exact) mass is 532 g/mol. The standard InChI is InChI=1S/C23H40N4O2.HI/c1-3-24-23(25-13-10-16-29-18-17-28-2)26-19-21-11-6-7-12-22(21)20-27-14-8-4-5-9-15-27;/h6-7,11-12H,3-5,8-10,13-20H2,1-2H3,(H2,24,25,26);1H. The molecule has 1 aromatic rings. The number of benzene rings is 1. The molecule has 2 rings (SSSR count). The number of ether oxygens (including phenoxy) is 2. The summed E-state index contributed by atoms with van der Waals surface area (Å²) in [5, 5.41) is 6.75. The van der Waals surface area contributed by atoms with Crippen molar-refractivity contribution in [3.63, 3.8) is 0 Å². The van der Waals surface area contributed by atoms with Crippen LogP contribution in [0.3, 0.4) is 0 Å². The van der Waals surface area contributed by atoms with Crippen molar-refractivity contribution in [2.24, 2.45) is 4.99 Å². The number of hydrogen-bond donors (Lipinski definition) is 2. The lowest BCUT2D eigenvalue weighted by Gasteiger charge is -2.21. The lowest BCUT2D eigenvalue weighted by Crippen LogP contribution is -2.38. The molecule has 0 amide bonds. The van der Waals surface area contributed by atoms with Gasteiger partial charge in [0.15, 0.2) is 5.96 Å². The van der Waals surface area contributed by atoms with Gasteiger partial charge in [-0.25, -0.2) is 4.99 Å². The molecule has 6 nitrogen and oxygen atoms in total. The zero-order valence-corrected chi connectivity index (χ0v) is 21.2. The molecule has 1 aliphatic rings. The van der Waals surface area contributed by atoms with Gasteiger partial charge in [-0.1, -0.05) is 37.1 Å². The normalized spacial score (nSPS) is 15.3. The summed E-state index contributed by atoms with van der Waals surface area (Å²) in [6, 6.07) is 8.74. The number of nitrogens with zero attached hydrogens (tertiary/aromatic N) is 2. The molecular weight excluding hydrogens is 491 g/mol. The highest BCUT2D eigenvalue weighted by atomic mass is 127. The second kappa shape index (κ2) is 17.7. The predicted molar refractivity (Wildman–Crippen MR) is 136 cm³/mol. The SMILES string of the molecule is CCNC(=NCc1ccccc1CN1CCCCCC1)NCCCOCCOC.I. The van der Waals surface area contributed by atoms with Crippen molar-refractivity contribution in [1.29, 1.82) is 0 Å². The van der Waals surface area contributed by atoms with Crippen molar-refractivity contribution in [1.82, 2.24) is 15.5 Å². The zero-order valence-electron chi connectivity index (χ0n) is 18.8. The van der Waals surface area contributed by atoms with E-state index in [4.69, 9.17) is 14.5 Å². The van der Waals surface area contributed by atoms with Crippen molar-refractivity contribution in [2.45, 2.75) is 52.1 Å². The van der Waals surface area contributed by atoms with Gasteiger partial charge in [-0.05, 0) is 50.4 Å². The van der Waals surface area contributed by atoms with Gasteiger partial charge < -0.3 is 20.1 Å². The van der Waals surface area contributed by atoms with E-state index in [2.05, 4.69) is 46.7 Å². The van der Waals surface area contributed by atoms with Crippen LogP contribution in [0.15, 0.2) is 29.3 Å². The average Bonchev–Trinajstić information content (AvgIpc) is 3.01. The molecule has 1 heterocycles. The van der Waals surface area contributed by atoms with Crippen LogP contribution < -0.4 is 10.6 Å². The van der Waals surface area contributed by atoms with Gasteiger partial charge >= 0.3 is 0 Å². The fraction of sp³-hybridized carbons (Fsp3) is 0.696. The number of nitrogens with one attached hydrogen (secondary N) is 2. The van der Waals surface area contributed by atoms with Crippen molar-refractivity contribution in [3.8, 4) is 0 Å². The molecule has 2 N–H and O–H groups in total. The molecule has 1 aromatic carbocycles. The third-order valence-electron chi connectivity index (χ3n) is 5.15. The second-order valence-corrected chi connectivity index (χ2v) is 7.54. The first-order valence-electron chi connectivity index (χ1n) is 11.2. The Labute approximate surface area is 200 Å². The van der Waals surface area contributed by atoms with Gasteiger partial charge in [0, 0.05) is 33.4 Å². The van der Waals surface area contributed by atoms with Crippen LogP contribution in [-0.2, 0) is 22.6 Å². The van der Waals surface area contributed by atoms with E-state index in [1.54, 1.807) is 7.11 Å². The summed E-state index contributed by atoms with van der Waals surface area (Å²) in [5.74, 6) is 0.869. The van der Waals surface area contributed by atoms with Gasteiger partial charge in [-0.3, -0.25) is 4.90 Å². The maximum absolute atomic E-state index is 5.51. The molecule has 0 spiro atoms. The molecule has 0 bridgehead atoms. The summed E-state index contributed by atoms with van der Waals surface area (Å²) in [6.07, 6.45) is 6.34. The number of hydrogen-bond acceptors (Lipinski definition) is 4. The first kappa shape index (κ1) is 27.1. The largest absolute Gasteiger partial charge is 0.382 e. The zero-order chi connectivity index (χ0) is 20.6. The molecular formula is C23H41IN4O2. The van der Waals surface area contributed by atoms with Crippen LogP contribution in [0, 0.1) is 0 Å².